The SMILES string of the molecule is [N-]=[NH+]c1ccc(-c2ccncc2)cc1.[Ru].c1ccc(-c2ccccn2)nc1.c1ccc(-c2ccccn2)nc1.c1ccncc1. The molecule has 6 aromatic heterocycles. The zero-order valence-corrected chi connectivity index (χ0v) is 26.0. The molecule has 0 saturated heterocycles. The number of nitrogens with one attached hydrogen (secondary N) is 1. The van der Waals surface area contributed by atoms with Crippen molar-refractivity contribution in [3.8, 4) is 33.9 Å². The molecule has 0 unspecified atom stereocenters. The molecule has 9 heteroatoms. The monoisotopic (exact) mass is 676 g/mol. The van der Waals surface area contributed by atoms with Gasteiger partial charge in [-0.3, -0.25) is 35.0 Å². The first kappa shape index (κ1) is 33.8. The third kappa shape index (κ3) is 12.2. The molecule has 0 radical (unpaired) electrons. The quantitative estimate of drug-likeness (QED) is 0.161. The maximum Gasteiger partial charge on any atom is 0.192 e. The van der Waals surface area contributed by atoms with E-state index in [2.05, 4.69) is 35.0 Å². The van der Waals surface area contributed by atoms with E-state index in [4.69, 9.17) is 5.53 Å². The van der Waals surface area contributed by atoms with Crippen molar-refractivity contribution in [1.82, 2.24) is 29.9 Å². The van der Waals surface area contributed by atoms with Gasteiger partial charge in [-0.25, -0.2) is 0 Å². The first-order chi connectivity index (χ1) is 21.8. The van der Waals surface area contributed by atoms with E-state index in [0.717, 1.165) is 33.9 Å². The van der Waals surface area contributed by atoms with Crippen LogP contribution in [0.5, 0.6) is 0 Å². The molecule has 6 heterocycles. The van der Waals surface area contributed by atoms with Crippen LogP contribution in [-0.2, 0) is 19.5 Å². The molecule has 0 atom stereocenters. The Balaban J connectivity index is 0.000000168. The molecule has 8 nitrogen and oxygen atoms in total. The Hall–Kier alpha value is -5.66. The van der Waals surface area contributed by atoms with Crippen molar-refractivity contribution in [3.05, 3.63) is 182 Å². The van der Waals surface area contributed by atoms with Gasteiger partial charge in [0.25, 0.3) is 0 Å². The second-order valence-electron chi connectivity index (χ2n) is 8.81. The van der Waals surface area contributed by atoms with Gasteiger partial charge in [0.15, 0.2) is 5.69 Å². The van der Waals surface area contributed by atoms with E-state index >= 15 is 0 Å². The van der Waals surface area contributed by atoms with Gasteiger partial charge >= 0.3 is 0 Å². The van der Waals surface area contributed by atoms with Crippen molar-refractivity contribution >= 4 is 5.69 Å². The third-order valence-corrected chi connectivity index (χ3v) is 5.78. The van der Waals surface area contributed by atoms with Crippen LogP contribution in [0.4, 0.5) is 5.69 Å². The van der Waals surface area contributed by atoms with Crippen LogP contribution < -0.4 is 5.11 Å². The van der Waals surface area contributed by atoms with Gasteiger partial charge in [-0.2, -0.15) is 0 Å². The molecular formula is C36H30N8Ru. The molecule has 0 aliphatic carbocycles. The molecule has 45 heavy (non-hydrogen) atoms. The molecule has 1 N–H and O–H groups in total. The van der Waals surface area contributed by atoms with Crippen LogP contribution in [0.2, 0.25) is 0 Å². The van der Waals surface area contributed by atoms with Crippen molar-refractivity contribution in [3.63, 3.8) is 0 Å². The minimum absolute atomic E-state index is 0. The summed E-state index contributed by atoms with van der Waals surface area (Å²) in [6.07, 6.45) is 14.1. The summed E-state index contributed by atoms with van der Waals surface area (Å²) in [5.74, 6) is 0. The second-order valence-corrected chi connectivity index (χ2v) is 8.81. The summed E-state index contributed by atoms with van der Waals surface area (Å²) in [4.78, 5) is 24.5. The molecule has 0 fully saturated rings. The minimum Gasteiger partial charge on any atom is -0.502 e. The number of hydrogen-bond acceptors (Lipinski definition) is 6. The van der Waals surface area contributed by atoms with Crippen LogP contribution in [0.25, 0.3) is 39.4 Å². The van der Waals surface area contributed by atoms with E-state index in [-0.39, 0.29) is 19.5 Å². The van der Waals surface area contributed by atoms with Gasteiger partial charge in [0, 0.05) is 81.2 Å². The fourth-order valence-corrected chi connectivity index (χ4v) is 3.65. The van der Waals surface area contributed by atoms with E-state index in [0.29, 0.717) is 5.69 Å². The van der Waals surface area contributed by atoms with Crippen LogP contribution >= 0.6 is 0 Å². The predicted molar refractivity (Wildman–Crippen MR) is 173 cm³/mol. The van der Waals surface area contributed by atoms with Gasteiger partial charge in [0.1, 0.15) is 0 Å². The van der Waals surface area contributed by atoms with Crippen molar-refractivity contribution < 1.29 is 24.6 Å². The molecule has 7 aromatic rings. The van der Waals surface area contributed by atoms with Crippen LogP contribution in [0.3, 0.4) is 0 Å². The molecule has 1 aromatic carbocycles. The first-order valence-electron chi connectivity index (χ1n) is 13.7. The van der Waals surface area contributed by atoms with Crippen LogP contribution in [0, 0.1) is 0 Å². The normalized spacial score (nSPS) is 9.24. The summed E-state index contributed by atoms with van der Waals surface area (Å²) >= 11 is 0. The predicted octanol–water partition coefficient (Wildman–Crippen LogP) is 6.85. The third-order valence-electron chi connectivity index (χ3n) is 5.78. The van der Waals surface area contributed by atoms with Gasteiger partial charge in [0.2, 0.25) is 0 Å². The number of aromatic nitrogens is 6. The van der Waals surface area contributed by atoms with E-state index in [1.165, 1.54) is 0 Å². The van der Waals surface area contributed by atoms with E-state index < -0.39 is 0 Å². The molecule has 0 bridgehead atoms. The fourth-order valence-electron chi connectivity index (χ4n) is 3.65. The molecule has 0 aliphatic rings. The number of nitrogens with zero attached hydrogens (tertiary/aromatic N) is 7. The zero-order valence-electron chi connectivity index (χ0n) is 24.2. The van der Waals surface area contributed by atoms with E-state index in [1.54, 1.807) is 49.6 Å². The zero-order chi connectivity index (χ0) is 30.5. The van der Waals surface area contributed by atoms with E-state index in [1.807, 2.05) is 127 Å². The Bertz CT molecular complexity index is 1550. The van der Waals surface area contributed by atoms with Gasteiger partial charge in [0.05, 0.1) is 22.8 Å². The second kappa shape index (κ2) is 20.3. The minimum atomic E-state index is 0. The van der Waals surface area contributed by atoms with Crippen LogP contribution in [0.15, 0.2) is 177 Å². The maximum atomic E-state index is 8.64. The van der Waals surface area contributed by atoms with Crippen LogP contribution in [-0.4, -0.2) is 29.9 Å². The molecule has 222 valence electrons. The largest absolute Gasteiger partial charge is 0.502 e. The van der Waals surface area contributed by atoms with Gasteiger partial charge in [-0.05, 0) is 96.1 Å². The summed E-state index contributed by atoms with van der Waals surface area (Å²) in [6, 6.07) is 40.3. The molecule has 0 amide bonds. The number of hydrogen-bond donors (Lipinski definition) is 1. The smallest absolute Gasteiger partial charge is 0.192 e. The fraction of sp³-hybridized carbons (Fsp3) is 0. The molecule has 0 saturated carbocycles. The Morgan fingerprint density at radius 2 is 0.711 bits per heavy atom. The standard InChI is InChI=1S/C11H9N3.2C10H8N2.C5H5N.Ru/c12-14-11-3-1-9(2-4-11)10-5-7-13-8-6-10;2*1-3-7-11-9(5-1)10-6-2-4-8-12-10;1-2-4-6-5-3-1;/h1-8,14H;2*1-8H;1-5H;. The van der Waals surface area contributed by atoms with Gasteiger partial charge in [-0.15, -0.1) is 0 Å². The molecule has 7 rings (SSSR count). The Kier molecular flexibility index (Phi) is 15.3. The summed E-state index contributed by atoms with van der Waals surface area (Å²) in [5, 5.41) is 2.09. The Morgan fingerprint density at radius 1 is 0.356 bits per heavy atom. The average molecular weight is 676 g/mol. The number of benzene rings is 1. The van der Waals surface area contributed by atoms with Gasteiger partial charge in [-0.1, -0.05) is 30.3 Å². The maximum absolute atomic E-state index is 8.64. The Labute approximate surface area is 275 Å². The summed E-state index contributed by atoms with van der Waals surface area (Å²) < 4.78 is 0. The summed E-state index contributed by atoms with van der Waals surface area (Å²) in [7, 11) is 0. The molecule has 0 spiro atoms. The number of rotatable bonds is 4. The summed E-state index contributed by atoms with van der Waals surface area (Å²) in [5.41, 5.74) is 15.2. The topological polar surface area (TPSA) is 114 Å². The van der Waals surface area contributed by atoms with Crippen molar-refractivity contribution in [2.45, 2.75) is 0 Å². The Morgan fingerprint density at radius 3 is 1.00 bits per heavy atom. The van der Waals surface area contributed by atoms with Crippen molar-refractivity contribution in [2.75, 3.05) is 0 Å². The number of pyridine rings is 6. The molecular weight excluding hydrogens is 646 g/mol. The average Bonchev–Trinajstić information content (AvgIpc) is 3.15. The van der Waals surface area contributed by atoms with E-state index in [9.17, 15) is 0 Å². The van der Waals surface area contributed by atoms with Gasteiger partial charge < -0.3 is 5.53 Å². The van der Waals surface area contributed by atoms with Crippen molar-refractivity contribution in [2.24, 2.45) is 0 Å². The molecule has 0 aliphatic heterocycles. The first-order valence-corrected chi connectivity index (χ1v) is 13.7. The van der Waals surface area contributed by atoms with Crippen molar-refractivity contribution in [1.29, 1.82) is 0 Å². The van der Waals surface area contributed by atoms with Crippen LogP contribution in [0.1, 0.15) is 0 Å². The summed E-state index contributed by atoms with van der Waals surface area (Å²) in [6.45, 7) is 0.